The van der Waals surface area contributed by atoms with E-state index in [-0.39, 0.29) is 5.56 Å². The average molecular weight is 257 g/mol. The predicted octanol–water partition coefficient (Wildman–Crippen LogP) is 1.14. The fourth-order valence-electron chi connectivity index (χ4n) is 1.92. The molecule has 7 heteroatoms. The molecule has 0 spiro atoms. The first-order valence-electron chi connectivity index (χ1n) is 5.65. The highest BCUT2D eigenvalue weighted by Crippen LogP contribution is 2.21. The van der Waals surface area contributed by atoms with E-state index in [1.165, 1.54) is 12.3 Å². The van der Waals surface area contributed by atoms with Crippen LogP contribution in [0.15, 0.2) is 24.5 Å². The second-order valence-electron chi connectivity index (χ2n) is 4.24. The largest absolute Gasteiger partial charge is 0.478 e. The van der Waals surface area contributed by atoms with Crippen molar-refractivity contribution < 1.29 is 9.90 Å². The zero-order chi connectivity index (χ0) is 13.6. The molecule has 0 unspecified atom stereocenters. The van der Waals surface area contributed by atoms with Crippen LogP contribution in [0.25, 0.3) is 17.0 Å². The summed E-state index contributed by atoms with van der Waals surface area (Å²) < 4.78 is 3.39. The number of pyridine rings is 1. The van der Waals surface area contributed by atoms with Gasteiger partial charge in [0, 0.05) is 18.9 Å². The summed E-state index contributed by atoms with van der Waals surface area (Å²) in [6.45, 7) is 1.92. The Labute approximate surface area is 108 Å². The number of carbonyl (C=O) groups is 1. The first-order chi connectivity index (χ1) is 9.08. The number of rotatable bonds is 2. The Morgan fingerprint density at radius 1 is 1.32 bits per heavy atom. The van der Waals surface area contributed by atoms with Crippen molar-refractivity contribution >= 4 is 11.6 Å². The van der Waals surface area contributed by atoms with E-state index in [0.717, 1.165) is 11.3 Å². The number of aromatic nitrogens is 5. The van der Waals surface area contributed by atoms with Crippen LogP contribution < -0.4 is 0 Å². The van der Waals surface area contributed by atoms with Gasteiger partial charge in [0.25, 0.3) is 0 Å². The molecule has 3 aromatic rings. The molecule has 0 atom stereocenters. The fourth-order valence-corrected chi connectivity index (χ4v) is 1.92. The molecule has 3 rings (SSSR count). The quantitative estimate of drug-likeness (QED) is 0.744. The van der Waals surface area contributed by atoms with Gasteiger partial charge in [-0.25, -0.2) is 4.79 Å². The molecule has 3 heterocycles. The van der Waals surface area contributed by atoms with Gasteiger partial charge in [-0.2, -0.15) is 5.10 Å². The van der Waals surface area contributed by atoms with Crippen LogP contribution in [0.4, 0.5) is 0 Å². The van der Waals surface area contributed by atoms with E-state index in [4.69, 9.17) is 5.11 Å². The second kappa shape index (κ2) is 3.91. The van der Waals surface area contributed by atoms with Gasteiger partial charge in [0.15, 0.2) is 11.5 Å². The number of fused-ring (bicyclic) bond motifs is 1. The topological polar surface area (TPSA) is 85.3 Å². The molecule has 7 nitrogen and oxygen atoms in total. The molecule has 0 bridgehead atoms. The maximum absolute atomic E-state index is 11.0. The van der Waals surface area contributed by atoms with E-state index < -0.39 is 5.97 Å². The highest BCUT2D eigenvalue weighted by atomic mass is 16.4. The van der Waals surface area contributed by atoms with Gasteiger partial charge in [0.1, 0.15) is 0 Å². The Morgan fingerprint density at radius 3 is 2.74 bits per heavy atom. The van der Waals surface area contributed by atoms with E-state index >= 15 is 0 Å². The average Bonchev–Trinajstić information content (AvgIpc) is 2.94. The molecular formula is C12H11N5O2. The Balaban J connectivity index is 2.27. The van der Waals surface area contributed by atoms with Gasteiger partial charge in [-0.3, -0.25) is 9.08 Å². The molecule has 0 aromatic carbocycles. The number of aryl methyl sites for hydroxylation is 1. The molecule has 0 saturated carbocycles. The number of hydrogen-bond acceptors (Lipinski definition) is 4. The summed E-state index contributed by atoms with van der Waals surface area (Å²) in [6.07, 6.45) is 3.21. The molecule has 1 N–H and O–H groups in total. The monoisotopic (exact) mass is 257 g/mol. The molecule has 96 valence electrons. The van der Waals surface area contributed by atoms with Crippen molar-refractivity contribution in [2.45, 2.75) is 6.92 Å². The van der Waals surface area contributed by atoms with E-state index in [0.29, 0.717) is 11.5 Å². The van der Waals surface area contributed by atoms with Crippen molar-refractivity contribution in [3.63, 3.8) is 0 Å². The van der Waals surface area contributed by atoms with Gasteiger partial charge in [-0.05, 0) is 19.1 Å². The lowest BCUT2D eigenvalue weighted by Crippen LogP contribution is -2.00. The molecular weight excluding hydrogens is 246 g/mol. The highest BCUT2D eigenvalue weighted by molar-refractivity contribution is 5.87. The first kappa shape index (κ1) is 11.4. The molecule has 0 aliphatic rings. The van der Waals surface area contributed by atoms with E-state index in [1.54, 1.807) is 21.3 Å². The molecule has 3 aromatic heterocycles. The van der Waals surface area contributed by atoms with Gasteiger partial charge in [-0.1, -0.05) is 0 Å². The minimum Gasteiger partial charge on any atom is -0.478 e. The van der Waals surface area contributed by atoms with E-state index in [2.05, 4.69) is 15.3 Å². The normalized spacial score (nSPS) is 11.1. The first-order valence-corrected chi connectivity index (χ1v) is 5.65. The van der Waals surface area contributed by atoms with Crippen molar-refractivity contribution in [1.82, 2.24) is 24.4 Å². The summed E-state index contributed by atoms with van der Waals surface area (Å²) in [5, 5.41) is 21.3. The summed E-state index contributed by atoms with van der Waals surface area (Å²) in [4.78, 5) is 11.0. The smallest absolute Gasteiger partial charge is 0.337 e. The van der Waals surface area contributed by atoms with Gasteiger partial charge >= 0.3 is 5.97 Å². The maximum atomic E-state index is 11.0. The third-order valence-electron chi connectivity index (χ3n) is 3.13. The van der Waals surface area contributed by atoms with Crippen LogP contribution in [-0.2, 0) is 7.05 Å². The van der Waals surface area contributed by atoms with Gasteiger partial charge < -0.3 is 5.11 Å². The second-order valence-corrected chi connectivity index (χ2v) is 4.24. The maximum Gasteiger partial charge on any atom is 0.337 e. The van der Waals surface area contributed by atoms with Crippen molar-refractivity contribution in [1.29, 1.82) is 0 Å². The van der Waals surface area contributed by atoms with Crippen LogP contribution in [0.5, 0.6) is 0 Å². The van der Waals surface area contributed by atoms with Crippen molar-refractivity contribution in [2.75, 3.05) is 0 Å². The highest BCUT2D eigenvalue weighted by Gasteiger charge is 2.14. The van der Waals surface area contributed by atoms with E-state index in [9.17, 15) is 4.79 Å². The summed E-state index contributed by atoms with van der Waals surface area (Å²) in [5.41, 5.74) is 2.56. The Morgan fingerprint density at radius 2 is 2.11 bits per heavy atom. The summed E-state index contributed by atoms with van der Waals surface area (Å²) >= 11 is 0. The van der Waals surface area contributed by atoms with Crippen LogP contribution in [0.1, 0.15) is 16.1 Å². The van der Waals surface area contributed by atoms with Crippen LogP contribution in [0, 0.1) is 6.92 Å². The van der Waals surface area contributed by atoms with Crippen LogP contribution in [0.3, 0.4) is 0 Å². The number of carboxylic acid groups (broad SMARTS) is 1. The van der Waals surface area contributed by atoms with Crippen molar-refractivity contribution in [3.8, 4) is 11.4 Å². The van der Waals surface area contributed by atoms with Crippen LogP contribution in [-0.4, -0.2) is 35.5 Å². The third-order valence-corrected chi connectivity index (χ3v) is 3.13. The van der Waals surface area contributed by atoms with Crippen LogP contribution in [0.2, 0.25) is 0 Å². The fraction of sp³-hybridized carbons (Fsp3) is 0.167. The van der Waals surface area contributed by atoms with Gasteiger partial charge in [0.05, 0.1) is 17.3 Å². The lowest BCUT2D eigenvalue weighted by Gasteiger charge is -2.01. The molecule has 0 aliphatic carbocycles. The summed E-state index contributed by atoms with van der Waals surface area (Å²) in [5.74, 6) is -0.395. The minimum atomic E-state index is -0.982. The van der Waals surface area contributed by atoms with Gasteiger partial charge in [-0.15, -0.1) is 10.2 Å². The standard InChI is InChI=1S/C12H11N5O2/c1-7-9(5-13-16(7)2)11-15-14-10-4-3-8(12(18)19)6-17(10)11/h3-6H,1-2H3,(H,18,19). The Bertz CT molecular complexity index is 787. The van der Waals surface area contributed by atoms with E-state index in [1.807, 2.05) is 14.0 Å². The Hall–Kier alpha value is -2.70. The zero-order valence-electron chi connectivity index (χ0n) is 10.4. The Kier molecular flexibility index (Phi) is 2.34. The lowest BCUT2D eigenvalue weighted by atomic mass is 10.2. The number of carboxylic acids is 1. The lowest BCUT2D eigenvalue weighted by molar-refractivity contribution is 0.0696. The number of aromatic carboxylic acids is 1. The summed E-state index contributed by atoms with van der Waals surface area (Å²) in [7, 11) is 1.84. The minimum absolute atomic E-state index is 0.190. The summed E-state index contributed by atoms with van der Waals surface area (Å²) in [6, 6.07) is 3.14. The third kappa shape index (κ3) is 1.67. The molecule has 0 amide bonds. The number of nitrogens with zero attached hydrogens (tertiary/aromatic N) is 5. The molecule has 19 heavy (non-hydrogen) atoms. The van der Waals surface area contributed by atoms with Crippen LogP contribution >= 0.6 is 0 Å². The van der Waals surface area contributed by atoms with Crippen molar-refractivity contribution in [3.05, 3.63) is 35.8 Å². The molecule has 0 saturated heterocycles. The predicted molar refractivity (Wildman–Crippen MR) is 66.9 cm³/mol. The molecule has 0 fully saturated rings. The van der Waals surface area contributed by atoms with Crippen molar-refractivity contribution in [2.24, 2.45) is 7.05 Å². The zero-order valence-corrected chi connectivity index (χ0v) is 10.4. The number of hydrogen-bond donors (Lipinski definition) is 1. The van der Waals surface area contributed by atoms with Gasteiger partial charge in [0.2, 0.25) is 0 Å². The SMILES string of the molecule is Cc1c(-c2nnc3ccc(C(=O)O)cn23)cnn1C. The molecule has 0 aliphatic heterocycles. The molecule has 0 radical (unpaired) electrons.